The summed E-state index contributed by atoms with van der Waals surface area (Å²) in [5.41, 5.74) is 7.01. The van der Waals surface area contributed by atoms with Gasteiger partial charge in [-0.15, -0.1) is 0 Å². The summed E-state index contributed by atoms with van der Waals surface area (Å²) in [7, 11) is 0. The summed E-state index contributed by atoms with van der Waals surface area (Å²) in [4.78, 5) is 13.9. The van der Waals surface area contributed by atoms with E-state index >= 15 is 0 Å². The summed E-state index contributed by atoms with van der Waals surface area (Å²) in [6.07, 6.45) is 1.28. The third-order valence-electron chi connectivity index (χ3n) is 3.34. The summed E-state index contributed by atoms with van der Waals surface area (Å²) in [6.45, 7) is 1.16. The highest BCUT2D eigenvalue weighted by molar-refractivity contribution is 9.10. The number of halogens is 1. The highest BCUT2D eigenvalue weighted by Crippen LogP contribution is 2.17. The van der Waals surface area contributed by atoms with Gasteiger partial charge in [0.05, 0.1) is 18.0 Å². The molecule has 2 unspecified atom stereocenters. The molecule has 0 aliphatic carbocycles. The van der Waals surface area contributed by atoms with Crippen LogP contribution in [0.25, 0.3) is 0 Å². The van der Waals surface area contributed by atoms with Crippen LogP contribution in [0.5, 0.6) is 0 Å². The molecule has 2 N–H and O–H groups in total. The van der Waals surface area contributed by atoms with Crippen molar-refractivity contribution in [2.45, 2.75) is 18.9 Å². The second-order valence-corrected chi connectivity index (χ2v) is 5.76. The molecule has 100 valence electrons. The highest BCUT2D eigenvalue weighted by atomic mass is 79.9. The van der Waals surface area contributed by atoms with Gasteiger partial charge in [-0.25, -0.2) is 0 Å². The van der Waals surface area contributed by atoms with Crippen LogP contribution in [0.4, 0.5) is 0 Å². The first kappa shape index (κ1) is 14.0. The monoisotopic (exact) mass is 321 g/mol. The van der Waals surface area contributed by atoms with E-state index < -0.39 is 6.04 Å². The zero-order chi connectivity index (χ0) is 13.8. The Morgan fingerprint density at radius 1 is 1.63 bits per heavy atom. The SMILES string of the molecule is N#CC1CCN(C(=O)C(N)Cc2cccc(Br)c2)C1. The molecule has 1 saturated heterocycles. The molecule has 0 spiro atoms. The van der Waals surface area contributed by atoms with Crippen LogP contribution in [-0.4, -0.2) is 29.9 Å². The third-order valence-corrected chi connectivity index (χ3v) is 3.84. The molecular weight excluding hydrogens is 306 g/mol. The number of nitrogens with zero attached hydrogens (tertiary/aromatic N) is 2. The van der Waals surface area contributed by atoms with Crippen molar-refractivity contribution in [2.75, 3.05) is 13.1 Å². The molecule has 19 heavy (non-hydrogen) atoms. The largest absolute Gasteiger partial charge is 0.340 e. The summed E-state index contributed by atoms with van der Waals surface area (Å²) >= 11 is 3.40. The minimum atomic E-state index is -0.535. The van der Waals surface area contributed by atoms with Crippen LogP contribution in [-0.2, 0) is 11.2 Å². The van der Waals surface area contributed by atoms with E-state index in [0.29, 0.717) is 19.5 Å². The van der Waals surface area contributed by atoms with Gasteiger partial charge in [0.2, 0.25) is 5.91 Å². The fourth-order valence-electron chi connectivity index (χ4n) is 2.31. The van der Waals surface area contributed by atoms with Crippen LogP contribution >= 0.6 is 15.9 Å². The molecule has 1 aliphatic heterocycles. The molecule has 1 aromatic carbocycles. The summed E-state index contributed by atoms with van der Waals surface area (Å²) in [5, 5.41) is 8.85. The number of nitrogens with two attached hydrogens (primary N) is 1. The van der Waals surface area contributed by atoms with E-state index in [1.165, 1.54) is 0 Å². The molecule has 1 aromatic rings. The van der Waals surface area contributed by atoms with E-state index in [2.05, 4.69) is 22.0 Å². The maximum atomic E-state index is 12.2. The Balaban J connectivity index is 1.95. The van der Waals surface area contributed by atoms with Gasteiger partial charge in [-0.1, -0.05) is 28.1 Å². The Morgan fingerprint density at radius 2 is 2.42 bits per heavy atom. The molecule has 2 rings (SSSR count). The Kier molecular flexibility index (Phi) is 4.56. The van der Waals surface area contributed by atoms with E-state index in [9.17, 15) is 4.79 Å². The zero-order valence-corrected chi connectivity index (χ0v) is 12.1. The molecule has 0 aromatic heterocycles. The lowest BCUT2D eigenvalue weighted by Gasteiger charge is -2.20. The Bertz CT molecular complexity index is 512. The number of hydrogen-bond acceptors (Lipinski definition) is 3. The van der Waals surface area contributed by atoms with Crippen LogP contribution < -0.4 is 5.73 Å². The van der Waals surface area contributed by atoms with Gasteiger partial charge in [-0.2, -0.15) is 5.26 Å². The number of nitriles is 1. The first-order valence-corrected chi connectivity index (χ1v) is 7.08. The minimum absolute atomic E-state index is 0.0398. The fourth-order valence-corrected chi connectivity index (χ4v) is 2.75. The molecule has 1 heterocycles. The number of hydrogen-bond donors (Lipinski definition) is 1. The lowest BCUT2D eigenvalue weighted by atomic mass is 10.1. The quantitative estimate of drug-likeness (QED) is 0.921. The molecular formula is C14H16BrN3O. The molecule has 4 nitrogen and oxygen atoms in total. The van der Waals surface area contributed by atoms with Gasteiger partial charge in [-0.05, 0) is 30.5 Å². The molecule has 1 amide bonds. The number of amides is 1. The number of rotatable bonds is 3. The van der Waals surface area contributed by atoms with Crippen LogP contribution in [0.2, 0.25) is 0 Å². The van der Waals surface area contributed by atoms with Crippen molar-refractivity contribution in [1.82, 2.24) is 4.90 Å². The van der Waals surface area contributed by atoms with Gasteiger partial charge in [-0.3, -0.25) is 4.79 Å². The number of carbonyl (C=O) groups is 1. The predicted molar refractivity (Wildman–Crippen MR) is 76.1 cm³/mol. The van der Waals surface area contributed by atoms with Crippen molar-refractivity contribution in [1.29, 1.82) is 5.26 Å². The highest BCUT2D eigenvalue weighted by Gasteiger charge is 2.29. The average molecular weight is 322 g/mol. The zero-order valence-electron chi connectivity index (χ0n) is 10.6. The smallest absolute Gasteiger partial charge is 0.239 e. The van der Waals surface area contributed by atoms with Crippen molar-refractivity contribution in [2.24, 2.45) is 11.7 Å². The Morgan fingerprint density at radius 3 is 3.05 bits per heavy atom. The Labute approximate surface area is 121 Å². The van der Waals surface area contributed by atoms with E-state index in [0.717, 1.165) is 16.5 Å². The van der Waals surface area contributed by atoms with Crippen molar-refractivity contribution in [3.8, 4) is 6.07 Å². The lowest BCUT2D eigenvalue weighted by molar-refractivity contribution is -0.131. The molecule has 0 radical (unpaired) electrons. The van der Waals surface area contributed by atoms with Crippen molar-refractivity contribution < 1.29 is 4.79 Å². The van der Waals surface area contributed by atoms with Crippen molar-refractivity contribution in [3.05, 3.63) is 34.3 Å². The first-order chi connectivity index (χ1) is 9.10. The van der Waals surface area contributed by atoms with Gasteiger partial charge in [0.25, 0.3) is 0 Å². The van der Waals surface area contributed by atoms with Crippen molar-refractivity contribution >= 4 is 21.8 Å². The summed E-state index contributed by atoms with van der Waals surface area (Å²) in [5.74, 6) is -0.0975. The van der Waals surface area contributed by atoms with Crippen LogP contribution in [0, 0.1) is 17.2 Å². The van der Waals surface area contributed by atoms with Gasteiger partial charge in [0.15, 0.2) is 0 Å². The molecule has 5 heteroatoms. The standard InChI is InChI=1S/C14H16BrN3O/c15-12-3-1-2-10(6-12)7-13(17)14(19)18-5-4-11(8-16)9-18/h1-3,6,11,13H,4-5,7,9,17H2. The molecule has 1 fully saturated rings. The topological polar surface area (TPSA) is 70.1 Å². The number of benzene rings is 1. The molecule has 1 aliphatic rings. The predicted octanol–water partition coefficient (Wildman–Crippen LogP) is 1.69. The van der Waals surface area contributed by atoms with Crippen molar-refractivity contribution in [3.63, 3.8) is 0 Å². The summed E-state index contributed by atoms with van der Waals surface area (Å²) < 4.78 is 0.982. The van der Waals surface area contributed by atoms with Crippen LogP contribution in [0.3, 0.4) is 0 Å². The molecule has 0 bridgehead atoms. The third kappa shape index (κ3) is 3.55. The van der Waals surface area contributed by atoms with E-state index in [1.807, 2.05) is 24.3 Å². The van der Waals surface area contributed by atoms with Gasteiger partial charge >= 0.3 is 0 Å². The normalized spacial score (nSPS) is 20.1. The lowest BCUT2D eigenvalue weighted by Crippen LogP contribution is -2.43. The first-order valence-electron chi connectivity index (χ1n) is 6.28. The van der Waals surface area contributed by atoms with Crippen LogP contribution in [0.1, 0.15) is 12.0 Å². The van der Waals surface area contributed by atoms with E-state index in [-0.39, 0.29) is 11.8 Å². The second kappa shape index (κ2) is 6.18. The number of likely N-dealkylation sites (tertiary alicyclic amines) is 1. The molecule has 2 atom stereocenters. The maximum Gasteiger partial charge on any atom is 0.239 e. The van der Waals surface area contributed by atoms with Gasteiger partial charge in [0.1, 0.15) is 0 Å². The summed E-state index contributed by atoms with van der Waals surface area (Å²) in [6, 6.07) is 9.46. The second-order valence-electron chi connectivity index (χ2n) is 4.84. The van der Waals surface area contributed by atoms with E-state index in [4.69, 9.17) is 11.0 Å². The number of carbonyl (C=O) groups excluding carboxylic acids is 1. The Hall–Kier alpha value is -1.38. The minimum Gasteiger partial charge on any atom is -0.340 e. The van der Waals surface area contributed by atoms with Gasteiger partial charge < -0.3 is 10.6 Å². The molecule has 0 saturated carbocycles. The maximum absolute atomic E-state index is 12.2. The van der Waals surface area contributed by atoms with E-state index in [1.54, 1.807) is 4.90 Å². The van der Waals surface area contributed by atoms with Gasteiger partial charge in [0, 0.05) is 17.6 Å². The van der Waals surface area contributed by atoms with Crippen LogP contribution in [0.15, 0.2) is 28.7 Å². The fraction of sp³-hybridized carbons (Fsp3) is 0.429. The average Bonchev–Trinajstić information content (AvgIpc) is 2.86.